The Labute approximate surface area is 133 Å². The highest BCUT2D eigenvalue weighted by atomic mass is 79.9. The van der Waals surface area contributed by atoms with Gasteiger partial charge >= 0.3 is 0 Å². The zero-order valence-electron chi connectivity index (χ0n) is 12.4. The van der Waals surface area contributed by atoms with Crippen molar-refractivity contribution in [2.75, 3.05) is 11.9 Å². The number of aryl methyl sites for hydroxylation is 1. The van der Waals surface area contributed by atoms with Crippen LogP contribution in [0.5, 0.6) is 0 Å². The van der Waals surface area contributed by atoms with Gasteiger partial charge in [-0.15, -0.1) is 0 Å². The molecule has 2 N–H and O–H groups in total. The van der Waals surface area contributed by atoms with Gasteiger partial charge in [0.1, 0.15) is 0 Å². The van der Waals surface area contributed by atoms with Gasteiger partial charge in [0.2, 0.25) is 0 Å². The molecule has 0 aromatic heterocycles. The Balaban J connectivity index is 2.10. The molecule has 1 fully saturated rings. The van der Waals surface area contributed by atoms with Crippen LogP contribution >= 0.6 is 15.9 Å². The van der Waals surface area contributed by atoms with E-state index in [1.54, 1.807) is 13.0 Å². The molecule has 1 saturated carbocycles. The molecule has 1 aliphatic rings. The van der Waals surface area contributed by atoms with Crippen molar-refractivity contribution in [2.24, 2.45) is 5.92 Å². The van der Waals surface area contributed by atoms with E-state index in [4.69, 9.17) is 0 Å². The summed E-state index contributed by atoms with van der Waals surface area (Å²) < 4.78 is 0.646. The van der Waals surface area contributed by atoms with Crippen molar-refractivity contribution in [1.29, 1.82) is 0 Å². The minimum atomic E-state index is -0.688. The molecule has 5 nitrogen and oxygen atoms in total. The van der Waals surface area contributed by atoms with Crippen molar-refractivity contribution < 1.29 is 10.0 Å². The highest BCUT2D eigenvalue weighted by molar-refractivity contribution is 9.10. The zero-order valence-corrected chi connectivity index (χ0v) is 13.9. The summed E-state index contributed by atoms with van der Waals surface area (Å²) in [6.07, 6.45) is 3.81. The van der Waals surface area contributed by atoms with Crippen molar-refractivity contribution in [3.63, 3.8) is 0 Å². The first-order valence-electron chi connectivity index (χ1n) is 7.21. The topological polar surface area (TPSA) is 75.4 Å². The van der Waals surface area contributed by atoms with Gasteiger partial charge in [-0.05, 0) is 47.7 Å². The number of nitrogens with zero attached hydrogens (tertiary/aromatic N) is 1. The smallest absolute Gasteiger partial charge is 0.273 e. The van der Waals surface area contributed by atoms with Gasteiger partial charge in [-0.2, -0.15) is 0 Å². The van der Waals surface area contributed by atoms with Crippen molar-refractivity contribution in [3.05, 3.63) is 32.3 Å². The fourth-order valence-corrected chi connectivity index (χ4v) is 3.53. The molecule has 0 radical (unpaired) electrons. The average molecular weight is 357 g/mol. The fourth-order valence-electron chi connectivity index (χ4n) is 3.06. The number of halogens is 1. The van der Waals surface area contributed by atoms with Crippen LogP contribution in [0.15, 0.2) is 16.6 Å². The first-order valence-corrected chi connectivity index (χ1v) is 8.01. The molecule has 1 aromatic carbocycles. The first-order chi connectivity index (χ1) is 9.81. The number of anilines is 1. The summed E-state index contributed by atoms with van der Waals surface area (Å²) in [6, 6.07) is 3.25. The second-order valence-electron chi connectivity index (χ2n) is 6.16. The Kier molecular flexibility index (Phi) is 4.88. The molecule has 6 heteroatoms. The normalized spacial score (nSPS) is 25.6. The third-order valence-corrected chi connectivity index (χ3v) is 4.81. The lowest BCUT2D eigenvalue weighted by Gasteiger charge is -2.36. The van der Waals surface area contributed by atoms with Gasteiger partial charge in [0, 0.05) is 28.3 Å². The minimum Gasteiger partial charge on any atom is -0.388 e. The van der Waals surface area contributed by atoms with Crippen LogP contribution in [-0.4, -0.2) is 22.2 Å². The van der Waals surface area contributed by atoms with Crippen LogP contribution in [0.3, 0.4) is 0 Å². The van der Waals surface area contributed by atoms with Crippen molar-refractivity contribution >= 4 is 27.3 Å². The molecule has 21 heavy (non-hydrogen) atoms. The van der Waals surface area contributed by atoms with Gasteiger partial charge in [0.15, 0.2) is 0 Å². The van der Waals surface area contributed by atoms with E-state index in [1.165, 1.54) is 12.5 Å². The van der Waals surface area contributed by atoms with Crippen molar-refractivity contribution in [1.82, 2.24) is 0 Å². The molecule has 1 aliphatic carbocycles. The lowest BCUT2D eigenvalue weighted by Crippen LogP contribution is -2.41. The molecule has 116 valence electrons. The van der Waals surface area contributed by atoms with E-state index in [2.05, 4.69) is 28.2 Å². The number of rotatable bonds is 4. The molecular weight excluding hydrogens is 336 g/mol. The summed E-state index contributed by atoms with van der Waals surface area (Å²) >= 11 is 3.36. The van der Waals surface area contributed by atoms with Crippen LogP contribution in [0, 0.1) is 23.0 Å². The van der Waals surface area contributed by atoms with E-state index in [0.29, 0.717) is 22.5 Å². The molecule has 0 bridgehead atoms. The van der Waals surface area contributed by atoms with Crippen LogP contribution in [-0.2, 0) is 0 Å². The lowest BCUT2D eigenvalue weighted by molar-refractivity contribution is -0.385. The van der Waals surface area contributed by atoms with Crippen LogP contribution in [0.25, 0.3) is 0 Å². The number of nitro benzene ring substituents is 1. The van der Waals surface area contributed by atoms with Gasteiger partial charge in [0.25, 0.3) is 5.69 Å². The monoisotopic (exact) mass is 356 g/mol. The highest BCUT2D eigenvalue weighted by Crippen LogP contribution is 2.34. The Morgan fingerprint density at radius 2 is 2.29 bits per heavy atom. The Morgan fingerprint density at radius 3 is 2.90 bits per heavy atom. The minimum absolute atomic E-state index is 0.0948. The maximum Gasteiger partial charge on any atom is 0.273 e. The molecule has 0 aliphatic heterocycles. The van der Waals surface area contributed by atoms with Gasteiger partial charge < -0.3 is 10.4 Å². The van der Waals surface area contributed by atoms with E-state index < -0.39 is 5.60 Å². The SMILES string of the molecule is Cc1cc(NCC2(O)CCCC(C)C2)c(Br)cc1[N+](=O)[O-]. The molecule has 2 atom stereocenters. The van der Waals surface area contributed by atoms with E-state index in [0.717, 1.165) is 24.9 Å². The summed E-state index contributed by atoms with van der Waals surface area (Å²) in [7, 11) is 0. The molecule has 0 spiro atoms. The van der Waals surface area contributed by atoms with Crippen LogP contribution in [0.2, 0.25) is 0 Å². The van der Waals surface area contributed by atoms with Gasteiger partial charge in [-0.25, -0.2) is 0 Å². The van der Waals surface area contributed by atoms with Crippen LogP contribution < -0.4 is 5.32 Å². The van der Waals surface area contributed by atoms with E-state index in [-0.39, 0.29) is 10.6 Å². The van der Waals surface area contributed by atoms with E-state index >= 15 is 0 Å². The molecule has 1 aromatic rings. The van der Waals surface area contributed by atoms with Gasteiger partial charge in [0.05, 0.1) is 10.5 Å². The quantitative estimate of drug-likeness (QED) is 0.630. The molecule has 0 amide bonds. The number of hydrogen-bond donors (Lipinski definition) is 2. The highest BCUT2D eigenvalue weighted by Gasteiger charge is 2.32. The second-order valence-corrected chi connectivity index (χ2v) is 7.01. The number of aliphatic hydroxyl groups is 1. The Morgan fingerprint density at radius 1 is 1.57 bits per heavy atom. The second kappa shape index (κ2) is 6.32. The number of nitrogens with one attached hydrogen (secondary N) is 1. The van der Waals surface area contributed by atoms with Crippen LogP contribution in [0.1, 0.15) is 38.2 Å². The molecule has 0 saturated heterocycles. The molecule has 2 rings (SSSR count). The van der Waals surface area contributed by atoms with Crippen molar-refractivity contribution in [3.8, 4) is 0 Å². The molecular formula is C15H21BrN2O3. The van der Waals surface area contributed by atoms with Gasteiger partial charge in [-0.3, -0.25) is 10.1 Å². The summed E-state index contributed by atoms with van der Waals surface area (Å²) in [6.45, 7) is 4.34. The predicted octanol–water partition coefficient (Wildman–Crippen LogP) is 4.02. The van der Waals surface area contributed by atoms with Crippen molar-refractivity contribution in [2.45, 2.75) is 45.1 Å². The summed E-state index contributed by atoms with van der Waals surface area (Å²) in [5, 5.41) is 24.8. The number of hydrogen-bond acceptors (Lipinski definition) is 4. The maximum absolute atomic E-state index is 10.9. The standard InChI is InChI=1S/C15H21BrN2O3/c1-10-4-3-5-15(19,8-10)9-17-13-6-11(2)14(18(20)21)7-12(13)16/h6-7,10,17,19H,3-5,8-9H2,1-2H3. The molecule has 0 heterocycles. The Bertz CT molecular complexity index is 550. The largest absolute Gasteiger partial charge is 0.388 e. The molecule has 2 unspecified atom stereocenters. The third-order valence-electron chi connectivity index (χ3n) is 4.16. The fraction of sp³-hybridized carbons (Fsp3) is 0.600. The third kappa shape index (κ3) is 3.95. The van der Waals surface area contributed by atoms with Crippen LogP contribution in [0.4, 0.5) is 11.4 Å². The summed E-state index contributed by atoms with van der Waals surface area (Å²) in [5.41, 5.74) is 0.796. The summed E-state index contributed by atoms with van der Waals surface area (Å²) in [5.74, 6) is 0.535. The Hall–Kier alpha value is -1.14. The summed E-state index contributed by atoms with van der Waals surface area (Å²) in [4.78, 5) is 10.5. The number of nitro groups is 1. The van der Waals surface area contributed by atoms with Gasteiger partial charge in [-0.1, -0.05) is 19.8 Å². The van der Waals surface area contributed by atoms with E-state index in [1.807, 2.05) is 0 Å². The first kappa shape index (κ1) is 16.2. The lowest BCUT2D eigenvalue weighted by atomic mass is 9.79. The van der Waals surface area contributed by atoms with E-state index in [9.17, 15) is 15.2 Å². The predicted molar refractivity (Wildman–Crippen MR) is 86.6 cm³/mol. The number of benzene rings is 1. The average Bonchev–Trinajstić information content (AvgIpc) is 2.38. The maximum atomic E-state index is 10.9. The zero-order chi connectivity index (χ0) is 15.6.